The Morgan fingerprint density at radius 1 is 1.09 bits per heavy atom. The van der Waals surface area contributed by atoms with Crippen LogP contribution >= 0.6 is 23.7 Å². The van der Waals surface area contributed by atoms with Gasteiger partial charge in [0.05, 0.1) is 18.6 Å². The molecular weight excluding hydrogens is 488 g/mol. The van der Waals surface area contributed by atoms with Gasteiger partial charge in [0, 0.05) is 24.5 Å². The van der Waals surface area contributed by atoms with Crippen molar-refractivity contribution in [1.82, 2.24) is 4.90 Å². The lowest BCUT2D eigenvalue weighted by atomic mass is 10.0. The van der Waals surface area contributed by atoms with Crippen LogP contribution in [0.5, 0.6) is 11.5 Å². The average Bonchev–Trinajstić information content (AvgIpc) is 3.43. The van der Waals surface area contributed by atoms with Crippen molar-refractivity contribution in [2.45, 2.75) is 32.9 Å². The number of nitrogens with zero attached hydrogens (tertiary/aromatic N) is 1. The molecule has 3 aromatic rings. The lowest BCUT2D eigenvalue weighted by Crippen LogP contribution is -2.30. The van der Waals surface area contributed by atoms with Crippen molar-refractivity contribution < 1.29 is 23.8 Å². The first-order chi connectivity index (χ1) is 16.6. The van der Waals surface area contributed by atoms with Crippen LogP contribution in [0.2, 0.25) is 0 Å². The molecule has 0 spiro atoms. The molecule has 0 fully saturated rings. The fourth-order valence-corrected chi connectivity index (χ4v) is 5.64. The van der Waals surface area contributed by atoms with Crippen molar-refractivity contribution in [1.29, 1.82) is 0 Å². The van der Waals surface area contributed by atoms with E-state index in [1.165, 1.54) is 16.9 Å². The number of carbonyl (C=O) groups excluding carboxylic acids is 2. The van der Waals surface area contributed by atoms with E-state index in [0.717, 1.165) is 42.1 Å². The topological polar surface area (TPSA) is 77.1 Å². The standard InChI is InChI=1S/C26H26N2O5S.ClH/c1-2-31-26(30)24-19-10-11-28(14-17-6-4-3-5-7-17)15-22(19)34-25(24)27-23(29)13-18-8-9-20-21(12-18)33-16-32-20;/h3-9,12H,2,10-11,13-16H2,1H3,(H,27,29);1H. The summed E-state index contributed by atoms with van der Waals surface area (Å²) in [5.41, 5.74) is 3.56. The van der Waals surface area contributed by atoms with Crippen molar-refractivity contribution in [3.05, 3.63) is 75.7 Å². The molecule has 2 aromatic carbocycles. The number of hydrogen-bond donors (Lipinski definition) is 1. The van der Waals surface area contributed by atoms with Crippen LogP contribution < -0.4 is 14.8 Å². The molecule has 0 atom stereocenters. The van der Waals surface area contributed by atoms with Gasteiger partial charge in [-0.05, 0) is 42.2 Å². The van der Waals surface area contributed by atoms with Crippen molar-refractivity contribution >= 4 is 40.6 Å². The second-order valence-electron chi connectivity index (χ2n) is 8.29. The average molecular weight is 515 g/mol. The largest absolute Gasteiger partial charge is 0.462 e. The molecule has 0 saturated carbocycles. The van der Waals surface area contributed by atoms with Crippen LogP contribution in [0.25, 0.3) is 0 Å². The van der Waals surface area contributed by atoms with Crippen molar-refractivity contribution in [2.24, 2.45) is 0 Å². The minimum atomic E-state index is -0.380. The molecule has 1 aromatic heterocycles. The van der Waals surface area contributed by atoms with E-state index in [-0.39, 0.29) is 44.1 Å². The van der Waals surface area contributed by atoms with Gasteiger partial charge in [-0.3, -0.25) is 9.69 Å². The van der Waals surface area contributed by atoms with Gasteiger partial charge < -0.3 is 19.5 Å². The highest BCUT2D eigenvalue weighted by Crippen LogP contribution is 2.38. The summed E-state index contributed by atoms with van der Waals surface area (Å²) in [5, 5.41) is 3.54. The first-order valence-corrected chi connectivity index (χ1v) is 12.2. The number of anilines is 1. The number of halogens is 1. The number of nitrogens with one attached hydrogen (secondary N) is 1. The zero-order valence-corrected chi connectivity index (χ0v) is 21.0. The zero-order chi connectivity index (χ0) is 23.5. The quantitative estimate of drug-likeness (QED) is 0.456. The molecule has 184 valence electrons. The van der Waals surface area contributed by atoms with Gasteiger partial charge in [0.2, 0.25) is 12.7 Å². The van der Waals surface area contributed by atoms with E-state index in [1.54, 1.807) is 13.0 Å². The van der Waals surface area contributed by atoms with E-state index in [0.29, 0.717) is 22.1 Å². The second-order valence-corrected chi connectivity index (χ2v) is 9.39. The van der Waals surface area contributed by atoms with Crippen molar-refractivity contribution in [3.8, 4) is 11.5 Å². The predicted molar refractivity (Wildman–Crippen MR) is 137 cm³/mol. The second kappa shape index (κ2) is 11.1. The fraction of sp³-hybridized carbons (Fsp3) is 0.308. The summed E-state index contributed by atoms with van der Waals surface area (Å²) >= 11 is 1.47. The van der Waals surface area contributed by atoms with Gasteiger partial charge in [-0.25, -0.2) is 4.79 Å². The van der Waals surface area contributed by atoms with Gasteiger partial charge >= 0.3 is 5.97 Å². The summed E-state index contributed by atoms with van der Waals surface area (Å²) in [7, 11) is 0. The van der Waals surface area contributed by atoms with Gasteiger partial charge in [-0.2, -0.15) is 0 Å². The number of ether oxygens (including phenoxy) is 3. The maximum Gasteiger partial charge on any atom is 0.341 e. The van der Waals surface area contributed by atoms with Crippen LogP contribution in [0.4, 0.5) is 5.00 Å². The summed E-state index contributed by atoms with van der Waals surface area (Å²) in [6.45, 7) is 4.69. The van der Waals surface area contributed by atoms with Crippen molar-refractivity contribution in [2.75, 3.05) is 25.3 Å². The van der Waals surface area contributed by atoms with Gasteiger partial charge in [-0.15, -0.1) is 23.7 Å². The smallest absolute Gasteiger partial charge is 0.341 e. The van der Waals surface area contributed by atoms with Gasteiger partial charge in [-0.1, -0.05) is 36.4 Å². The molecular formula is C26H27ClN2O5S. The third-order valence-electron chi connectivity index (χ3n) is 5.92. The summed E-state index contributed by atoms with van der Waals surface area (Å²) in [5.74, 6) is 0.751. The molecule has 0 saturated heterocycles. The number of rotatable bonds is 7. The minimum absolute atomic E-state index is 0. The first-order valence-electron chi connectivity index (χ1n) is 11.4. The molecule has 35 heavy (non-hydrogen) atoms. The van der Waals surface area contributed by atoms with Crippen LogP contribution in [-0.2, 0) is 35.5 Å². The third-order valence-corrected chi connectivity index (χ3v) is 7.05. The molecule has 9 heteroatoms. The number of hydrogen-bond acceptors (Lipinski definition) is 7. The Morgan fingerprint density at radius 3 is 2.69 bits per heavy atom. The Balaban J connectivity index is 0.00000289. The number of carbonyl (C=O) groups is 2. The van der Waals surface area contributed by atoms with Gasteiger partial charge in [0.1, 0.15) is 5.00 Å². The van der Waals surface area contributed by atoms with E-state index >= 15 is 0 Å². The maximum atomic E-state index is 12.9. The summed E-state index contributed by atoms with van der Waals surface area (Å²) in [6.07, 6.45) is 0.909. The Morgan fingerprint density at radius 2 is 1.89 bits per heavy atom. The van der Waals surface area contributed by atoms with Crippen LogP contribution in [0.15, 0.2) is 48.5 Å². The first kappa shape index (κ1) is 25.0. The SMILES string of the molecule is CCOC(=O)c1c(NC(=O)Cc2ccc3c(c2)OCO3)sc2c1CCN(Cc1ccccc1)C2.Cl. The van der Waals surface area contributed by atoms with Crippen LogP contribution in [0.3, 0.4) is 0 Å². The van der Waals surface area contributed by atoms with Crippen LogP contribution in [-0.4, -0.2) is 36.7 Å². The predicted octanol–water partition coefficient (Wildman–Crippen LogP) is 4.81. The summed E-state index contributed by atoms with van der Waals surface area (Å²) in [4.78, 5) is 29.2. The number of benzene rings is 2. The van der Waals surface area contributed by atoms with E-state index < -0.39 is 0 Å². The highest BCUT2D eigenvalue weighted by atomic mass is 35.5. The normalized spacial score (nSPS) is 14.1. The summed E-state index contributed by atoms with van der Waals surface area (Å²) in [6, 6.07) is 15.8. The molecule has 5 rings (SSSR count). The molecule has 2 aliphatic heterocycles. The highest BCUT2D eigenvalue weighted by Gasteiger charge is 2.29. The molecule has 3 heterocycles. The molecule has 1 N–H and O–H groups in total. The number of amides is 1. The highest BCUT2D eigenvalue weighted by molar-refractivity contribution is 7.17. The molecule has 0 bridgehead atoms. The summed E-state index contributed by atoms with van der Waals surface area (Å²) < 4.78 is 16.1. The number of thiophene rings is 1. The molecule has 7 nitrogen and oxygen atoms in total. The molecule has 2 aliphatic rings. The molecule has 0 aliphatic carbocycles. The molecule has 1 amide bonds. The van der Waals surface area contributed by atoms with E-state index in [1.807, 2.05) is 30.3 Å². The van der Waals surface area contributed by atoms with E-state index in [4.69, 9.17) is 14.2 Å². The Labute approximate surface area is 214 Å². The molecule has 0 unspecified atom stereocenters. The Bertz CT molecular complexity index is 1210. The molecule has 0 radical (unpaired) electrons. The van der Waals surface area contributed by atoms with Gasteiger partial charge in [0.25, 0.3) is 0 Å². The zero-order valence-electron chi connectivity index (χ0n) is 19.4. The number of fused-ring (bicyclic) bond motifs is 2. The monoisotopic (exact) mass is 514 g/mol. The van der Waals surface area contributed by atoms with Gasteiger partial charge in [0.15, 0.2) is 11.5 Å². The Kier molecular flexibility index (Phi) is 7.95. The number of esters is 1. The van der Waals surface area contributed by atoms with E-state index in [2.05, 4.69) is 22.3 Å². The Hall–Kier alpha value is -3.07. The van der Waals surface area contributed by atoms with Crippen LogP contribution in [0, 0.1) is 0 Å². The van der Waals surface area contributed by atoms with Crippen molar-refractivity contribution in [3.63, 3.8) is 0 Å². The van der Waals surface area contributed by atoms with E-state index in [9.17, 15) is 9.59 Å². The lowest BCUT2D eigenvalue weighted by molar-refractivity contribution is -0.115. The van der Waals surface area contributed by atoms with Crippen LogP contribution in [0.1, 0.15) is 38.8 Å². The third kappa shape index (κ3) is 5.61. The minimum Gasteiger partial charge on any atom is -0.462 e. The maximum absolute atomic E-state index is 12.9. The lowest BCUT2D eigenvalue weighted by Gasteiger charge is -2.27. The fourth-order valence-electron chi connectivity index (χ4n) is 4.35.